The van der Waals surface area contributed by atoms with E-state index >= 15 is 0 Å². The normalized spacial score (nSPS) is 11.4. The van der Waals surface area contributed by atoms with Crippen molar-refractivity contribution in [1.29, 1.82) is 0 Å². The van der Waals surface area contributed by atoms with E-state index in [1.54, 1.807) is 6.20 Å². The van der Waals surface area contributed by atoms with Crippen LogP contribution in [0.5, 0.6) is 0 Å². The number of nitrogens with one attached hydrogen (secondary N) is 1. The zero-order valence-electron chi connectivity index (χ0n) is 12.8. The molecule has 0 saturated carbocycles. The lowest BCUT2D eigenvalue weighted by Gasteiger charge is -2.19. The van der Waals surface area contributed by atoms with E-state index in [1.807, 2.05) is 6.92 Å². The fourth-order valence-electron chi connectivity index (χ4n) is 1.77. The number of hydrogen-bond donors (Lipinski definition) is 1. The molecular weight excluding hydrogens is 300 g/mol. The van der Waals surface area contributed by atoms with Crippen LogP contribution in [0.3, 0.4) is 0 Å². The molecule has 112 valence electrons. The maximum Gasteiger partial charge on any atom is 0.236 e. The summed E-state index contributed by atoms with van der Waals surface area (Å²) in [4.78, 5) is 18.2. The molecule has 21 heavy (non-hydrogen) atoms. The van der Waals surface area contributed by atoms with Crippen molar-refractivity contribution in [2.24, 2.45) is 0 Å². The Bertz CT molecular complexity index is 612. The molecular formula is C16H20N2OS2. The summed E-state index contributed by atoms with van der Waals surface area (Å²) in [5.41, 5.74) is 1.46. The number of benzene rings is 1. The van der Waals surface area contributed by atoms with E-state index < -0.39 is 0 Å². The summed E-state index contributed by atoms with van der Waals surface area (Å²) in [6.07, 6.45) is 1.76. The summed E-state index contributed by atoms with van der Waals surface area (Å²) < 4.78 is 0. The highest BCUT2D eigenvalue weighted by Gasteiger charge is 2.13. The van der Waals surface area contributed by atoms with Gasteiger partial charge < -0.3 is 5.32 Å². The lowest BCUT2D eigenvalue weighted by Crippen LogP contribution is -2.13. The average Bonchev–Trinajstić information content (AvgIpc) is 2.81. The number of amides is 1. The van der Waals surface area contributed by atoms with E-state index in [9.17, 15) is 4.79 Å². The second kappa shape index (κ2) is 6.62. The summed E-state index contributed by atoms with van der Waals surface area (Å²) in [7, 11) is 0. The van der Waals surface area contributed by atoms with Gasteiger partial charge in [-0.2, -0.15) is 0 Å². The average molecular weight is 320 g/mol. The van der Waals surface area contributed by atoms with Gasteiger partial charge in [-0.1, -0.05) is 32.9 Å². The Hall–Kier alpha value is -1.33. The monoisotopic (exact) mass is 320 g/mol. The van der Waals surface area contributed by atoms with Crippen molar-refractivity contribution in [1.82, 2.24) is 4.98 Å². The highest BCUT2D eigenvalue weighted by molar-refractivity contribution is 8.00. The predicted octanol–water partition coefficient (Wildman–Crippen LogP) is 4.48. The molecule has 0 atom stereocenters. The summed E-state index contributed by atoms with van der Waals surface area (Å²) in [5, 5.41) is 3.48. The molecule has 1 aromatic carbocycles. The van der Waals surface area contributed by atoms with Crippen LogP contribution in [0.1, 0.15) is 31.2 Å². The molecule has 1 aromatic heterocycles. The maximum atomic E-state index is 11.9. The summed E-state index contributed by atoms with van der Waals surface area (Å²) >= 11 is 3.03. The smallest absolute Gasteiger partial charge is 0.236 e. The molecule has 1 amide bonds. The fourth-order valence-corrected chi connectivity index (χ4v) is 3.15. The molecule has 2 rings (SSSR count). The van der Waals surface area contributed by atoms with E-state index in [-0.39, 0.29) is 11.3 Å². The van der Waals surface area contributed by atoms with Gasteiger partial charge in [-0.05, 0) is 30.0 Å². The van der Waals surface area contributed by atoms with E-state index in [0.29, 0.717) is 10.9 Å². The third-order valence-electron chi connectivity index (χ3n) is 2.96. The molecule has 3 nitrogen and oxygen atoms in total. The second-order valence-corrected chi connectivity index (χ2v) is 8.17. The molecule has 0 spiro atoms. The van der Waals surface area contributed by atoms with Crippen LogP contribution >= 0.6 is 23.1 Å². The number of rotatable bonds is 4. The highest BCUT2D eigenvalue weighted by Crippen LogP contribution is 2.26. The number of aromatic nitrogens is 1. The van der Waals surface area contributed by atoms with Gasteiger partial charge in [-0.15, -0.1) is 23.1 Å². The van der Waals surface area contributed by atoms with Crippen molar-refractivity contribution >= 4 is 34.1 Å². The molecule has 0 aliphatic heterocycles. The van der Waals surface area contributed by atoms with Gasteiger partial charge in [-0.3, -0.25) is 4.79 Å². The summed E-state index contributed by atoms with van der Waals surface area (Å²) in [5.74, 6) is 0.377. The largest absolute Gasteiger partial charge is 0.301 e. The van der Waals surface area contributed by atoms with E-state index in [1.165, 1.54) is 28.7 Å². The van der Waals surface area contributed by atoms with Crippen LogP contribution in [0.25, 0.3) is 0 Å². The lowest BCUT2D eigenvalue weighted by molar-refractivity contribution is -0.113. The Labute approximate surface area is 134 Å². The van der Waals surface area contributed by atoms with Crippen LogP contribution < -0.4 is 5.32 Å². The summed E-state index contributed by atoms with van der Waals surface area (Å²) in [6, 6.07) is 8.41. The van der Waals surface area contributed by atoms with Gasteiger partial charge >= 0.3 is 0 Å². The number of anilines is 1. The number of aryl methyl sites for hydroxylation is 1. The van der Waals surface area contributed by atoms with Gasteiger partial charge in [0.2, 0.25) is 5.91 Å². The van der Waals surface area contributed by atoms with Crippen LogP contribution in [0.2, 0.25) is 0 Å². The standard InChI is InChI=1S/C16H20N2OS2/c1-11-9-17-15(21-11)18-14(19)10-20-13-7-5-12(6-8-13)16(2,3)4/h5-9H,10H2,1-4H3,(H,17,18,19). The first-order valence-electron chi connectivity index (χ1n) is 6.80. The molecule has 0 fully saturated rings. The molecule has 0 bridgehead atoms. The first-order valence-corrected chi connectivity index (χ1v) is 8.60. The van der Waals surface area contributed by atoms with Gasteiger partial charge in [0.25, 0.3) is 0 Å². The molecule has 5 heteroatoms. The zero-order valence-corrected chi connectivity index (χ0v) is 14.4. The van der Waals surface area contributed by atoms with Crippen LogP contribution in [0, 0.1) is 6.92 Å². The molecule has 0 radical (unpaired) electrons. The van der Waals surface area contributed by atoms with E-state index in [0.717, 1.165) is 9.77 Å². The number of thiazole rings is 1. The Morgan fingerprint density at radius 3 is 2.48 bits per heavy atom. The SMILES string of the molecule is Cc1cnc(NC(=O)CSc2ccc(C(C)(C)C)cc2)s1. The number of carbonyl (C=O) groups excluding carboxylic acids is 1. The minimum absolute atomic E-state index is 0.0192. The molecule has 0 unspecified atom stereocenters. The number of hydrogen-bond acceptors (Lipinski definition) is 4. The maximum absolute atomic E-state index is 11.9. The first kappa shape index (κ1) is 16.0. The van der Waals surface area contributed by atoms with Crippen molar-refractivity contribution in [3.05, 3.63) is 40.9 Å². The third kappa shape index (κ3) is 4.86. The molecule has 0 saturated heterocycles. The van der Waals surface area contributed by atoms with Gasteiger partial charge in [0.05, 0.1) is 5.75 Å². The van der Waals surface area contributed by atoms with Crippen LogP contribution in [-0.4, -0.2) is 16.6 Å². The van der Waals surface area contributed by atoms with Crippen molar-refractivity contribution < 1.29 is 4.79 Å². The first-order chi connectivity index (χ1) is 9.84. The van der Waals surface area contributed by atoms with Crippen LogP contribution in [-0.2, 0) is 10.2 Å². The molecule has 1 heterocycles. The molecule has 2 aromatic rings. The van der Waals surface area contributed by atoms with Crippen LogP contribution in [0.4, 0.5) is 5.13 Å². The van der Waals surface area contributed by atoms with Crippen molar-refractivity contribution in [3.63, 3.8) is 0 Å². The lowest BCUT2D eigenvalue weighted by atomic mass is 9.87. The number of carbonyl (C=O) groups is 1. The number of nitrogens with zero attached hydrogens (tertiary/aromatic N) is 1. The summed E-state index contributed by atoms with van der Waals surface area (Å²) in [6.45, 7) is 8.55. The highest BCUT2D eigenvalue weighted by atomic mass is 32.2. The van der Waals surface area contributed by atoms with Crippen molar-refractivity contribution in [2.75, 3.05) is 11.1 Å². The fraction of sp³-hybridized carbons (Fsp3) is 0.375. The molecule has 1 N–H and O–H groups in total. The predicted molar refractivity (Wildman–Crippen MR) is 91.3 cm³/mol. The Balaban J connectivity index is 1.86. The second-order valence-electron chi connectivity index (χ2n) is 5.89. The van der Waals surface area contributed by atoms with Crippen molar-refractivity contribution in [3.8, 4) is 0 Å². The Kier molecular flexibility index (Phi) is 5.06. The van der Waals surface area contributed by atoms with Gasteiger partial charge in [0, 0.05) is 16.0 Å². The Morgan fingerprint density at radius 2 is 1.95 bits per heavy atom. The van der Waals surface area contributed by atoms with Crippen molar-refractivity contribution in [2.45, 2.75) is 38.0 Å². The minimum Gasteiger partial charge on any atom is -0.301 e. The van der Waals surface area contributed by atoms with E-state index in [4.69, 9.17) is 0 Å². The minimum atomic E-state index is -0.0192. The third-order valence-corrected chi connectivity index (χ3v) is 4.80. The molecule has 0 aliphatic rings. The van der Waals surface area contributed by atoms with Gasteiger partial charge in [-0.25, -0.2) is 4.98 Å². The van der Waals surface area contributed by atoms with Gasteiger partial charge in [0.15, 0.2) is 5.13 Å². The van der Waals surface area contributed by atoms with E-state index in [2.05, 4.69) is 55.3 Å². The number of thioether (sulfide) groups is 1. The Morgan fingerprint density at radius 1 is 1.29 bits per heavy atom. The zero-order chi connectivity index (χ0) is 15.5. The van der Waals surface area contributed by atoms with Gasteiger partial charge in [0.1, 0.15) is 0 Å². The quantitative estimate of drug-likeness (QED) is 0.845. The van der Waals surface area contributed by atoms with Crippen LogP contribution in [0.15, 0.2) is 35.4 Å². The topological polar surface area (TPSA) is 42.0 Å². The molecule has 0 aliphatic carbocycles.